The topological polar surface area (TPSA) is 46.1 Å². The number of rotatable bonds is 3. The van der Waals surface area contributed by atoms with Crippen molar-refractivity contribution >= 4 is 39.2 Å². The average molecular weight is 428 g/mol. The van der Waals surface area contributed by atoms with Gasteiger partial charge in [0, 0.05) is 22.4 Å². The number of halogens is 1. The molecule has 1 atom stereocenters. The minimum atomic E-state index is -0.321. The van der Waals surface area contributed by atoms with Crippen LogP contribution in [0.15, 0.2) is 35.6 Å². The predicted molar refractivity (Wildman–Crippen MR) is 115 cm³/mol. The molecule has 0 spiro atoms. The zero-order valence-electron chi connectivity index (χ0n) is 16.1. The van der Waals surface area contributed by atoms with E-state index in [1.165, 1.54) is 34.4 Å². The maximum atomic E-state index is 13.3. The lowest BCUT2D eigenvalue weighted by Gasteiger charge is -2.29. The molecule has 2 aromatic heterocycles. The van der Waals surface area contributed by atoms with Crippen LogP contribution in [-0.4, -0.2) is 32.7 Å². The van der Waals surface area contributed by atoms with Gasteiger partial charge in [0.2, 0.25) is 0 Å². The summed E-state index contributed by atoms with van der Waals surface area (Å²) < 4.78 is 13.3. The van der Waals surface area contributed by atoms with E-state index in [0.29, 0.717) is 5.56 Å². The minimum absolute atomic E-state index is 0.0229. The van der Waals surface area contributed by atoms with Gasteiger partial charge in [0.15, 0.2) is 0 Å². The SMILES string of the molecule is O=C(c1ccc(F)cc1)N1CCCCCC1Sc1ncnc2sc3c(c12)CCC3. The van der Waals surface area contributed by atoms with Crippen LogP contribution in [0.25, 0.3) is 10.2 Å². The van der Waals surface area contributed by atoms with Crippen LogP contribution in [0.2, 0.25) is 0 Å². The number of likely N-dealkylation sites (tertiary alicyclic amines) is 1. The van der Waals surface area contributed by atoms with E-state index in [1.54, 1.807) is 41.6 Å². The molecule has 2 aliphatic rings. The first kappa shape index (κ1) is 19.0. The normalized spacial score (nSPS) is 19.3. The Hall–Kier alpha value is -1.99. The van der Waals surface area contributed by atoms with Gasteiger partial charge in [-0.15, -0.1) is 11.3 Å². The van der Waals surface area contributed by atoms with E-state index in [1.807, 2.05) is 4.90 Å². The third kappa shape index (κ3) is 3.66. The van der Waals surface area contributed by atoms with Gasteiger partial charge in [-0.05, 0) is 61.9 Å². The van der Waals surface area contributed by atoms with Crippen LogP contribution in [0.5, 0.6) is 0 Å². The smallest absolute Gasteiger partial charge is 0.254 e. The molecule has 1 unspecified atom stereocenters. The Balaban J connectivity index is 1.47. The standard InChI is InChI=1S/C22H22FN3OS2/c23-15-10-8-14(9-11-15)22(27)26-12-3-1-2-7-18(26)29-21-19-16-5-4-6-17(16)28-20(19)24-13-25-21/h8-11,13,18H,1-7,12H2. The van der Waals surface area contributed by atoms with E-state index in [4.69, 9.17) is 0 Å². The number of amides is 1. The van der Waals surface area contributed by atoms with E-state index < -0.39 is 0 Å². The van der Waals surface area contributed by atoms with E-state index >= 15 is 0 Å². The molecule has 3 heterocycles. The molecule has 1 aliphatic heterocycles. The molecule has 1 amide bonds. The Kier molecular flexibility index (Phi) is 5.26. The van der Waals surface area contributed by atoms with Gasteiger partial charge in [-0.2, -0.15) is 0 Å². The molecule has 1 aromatic carbocycles. The molecule has 0 saturated carbocycles. The van der Waals surface area contributed by atoms with E-state index in [9.17, 15) is 9.18 Å². The highest BCUT2D eigenvalue weighted by Crippen LogP contribution is 2.42. The predicted octanol–water partition coefficient (Wildman–Crippen LogP) is 5.45. The molecule has 1 fully saturated rings. The third-order valence-corrected chi connectivity index (χ3v) is 8.26. The van der Waals surface area contributed by atoms with Crippen molar-refractivity contribution in [3.8, 4) is 0 Å². The maximum Gasteiger partial charge on any atom is 0.254 e. The number of nitrogens with zero attached hydrogens (tertiary/aromatic N) is 3. The molecule has 4 nitrogen and oxygen atoms in total. The molecule has 1 saturated heterocycles. The molecular formula is C22H22FN3OS2. The highest BCUT2D eigenvalue weighted by atomic mass is 32.2. The van der Waals surface area contributed by atoms with Crippen molar-refractivity contribution in [2.24, 2.45) is 0 Å². The first-order valence-electron chi connectivity index (χ1n) is 10.2. The number of aryl methyl sites for hydroxylation is 2. The summed E-state index contributed by atoms with van der Waals surface area (Å²) in [4.78, 5) is 26.8. The number of thioether (sulfide) groups is 1. The molecular weight excluding hydrogens is 405 g/mol. The van der Waals surface area contributed by atoms with Gasteiger partial charge < -0.3 is 4.90 Å². The minimum Gasteiger partial charge on any atom is -0.326 e. The Bertz CT molecular complexity index is 1050. The molecule has 29 heavy (non-hydrogen) atoms. The number of hydrogen-bond donors (Lipinski definition) is 0. The molecule has 5 rings (SSSR count). The van der Waals surface area contributed by atoms with Crippen molar-refractivity contribution in [1.82, 2.24) is 14.9 Å². The summed E-state index contributed by atoms with van der Waals surface area (Å²) in [5, 5.41) is 2.23. The van der Waals surface area contributed by atoms with Crippen LogP contribution in [0, 0.1) is 5.82 Å². The molecule has 3 aromatic rings. The van der Waals surface area contributed by atoms with Crippen LogP contribution in [0.4, 0.5) is 4.39 Å². The second kappa shape index (κ2) is 8.03. The van der Waals surface area contributed by atoms with E-state index in [-0.39, 0.29) is 17.1 Å². The van der Waals surface area contributed by atoms with Gasteiger partial charge in [-0.25, -0.2) is 14.4 Å². The zero-order chi connectivity index (χ0) is 19.8. The fourth-order valence-corrected chi connectivity index (χ4v) is 6.92. The lowest BCUT2D eigenvalue weighted by atomic mass is 10.2. The van der Waals surface area contributed by atoms with Gasteiger partial charge in [-0.3, -0.25) is 4.79 Å². The highest BCUT2D eigenvalue weighted by Gasteiger charge is 2.29. The lowest BCUT2D eigenvalue weighted by Crippen LogP contribution is -2.38. The Morgan fingerprint density at radius 2 is 1.97 bits per heavy atom. The van der Waals surface area contributed by atoms with Crippen LogP contribution in [-0.2, 0) is 12.8 Å². The lowest BCUT2D eigenvalue weighted by molar-refractivity contribution is 0.0742. The third-order valence-electron chi connectivity index (χ3n) is 5.76. The summed E-state index contributed by atoms with van der Waals surface area (Å²) >= 11 is 3.49. The quantitative estimate of drug-likeness (QED) is 0.521. The Labute approximate surface area is 177 Å². The van der Waals surface area contributed by atoms with Crippen molar-refractivity contribution < 1.29 is 9.18 Å². The number of hydrogen-bond acceptors (Lipinski definition) is 5. The first-order chi connectivity index (χ1) is 14.2. The van der Waals surface area contributed by atoms with Crippen molar-refractivity contribution in [1.29, 1.82) is 0 Å². The van der Waals surface area contributed by atoms with E-state index in [2.05, 4.69) is 9.97 Å². The van der Waals surface area contributed by atoms with Gasteiger partial charge in [0.1, 0.15) is 22.0 Å². The Morgan fingerprint density at radius 3 is 2.83 bits per heavy atom. The van der Waals surface area contributed by atoms with Crippen molar-refractivity contribution in [3.05, 3.63) is 52.4 Å². The summed E-state index contributed by atoms with van der Waals surface area (Å²) in [6.07, 6.45) is 9.25. The average Bonchev–Trinajstić information content (AvgIpc) is 3.23. The van der Waals surface area contributed by atoms with Crippen molar-refractivity contribution in [3.63, 3.8) is 0 Å². The van der Waals surface area contributed by atoms with Gasteiger partial charge >= 0.3 is 0 Å². The molecule has 0 N–H and O–H groups in total. The van der Waals surface area contributed by atoms with Crippen LogP contribution < -0.4 is 0 Å². The monoisotopic (exact) mass is 427 g/mol. The van der Waals surface area contributed by atoms with Gasteiger partial charge in [0.25, 0.3) is 5.91 Å². The number of carbonyl (C=O) groups is 1. The molecule has 1 aliphatic carbocycles. The summed E-state index contributed by atoms with van der Waals surface area (Å²) in [6, 6.07) is 5.88. The summed E-state index contributed by atoms with van der Waals surface area (Å²) in [5.74, 6) is -0.344. The zero-order valence-corrected chi connectivity index (χ0v) is 17.7. The summed E-state index contributed by atoms with van der Waals surface area (Å²) in [5.41, 5.74) is 1.96. The molecule has 0 bridgehead atoms. The number of fused-ring (bicyclic) bond motifs is 3. The maximum absolute atomic E-state index is 13.3. The number of carbonyl (C=O) groups excluding carboxylic acids is 1. The van der Waals surface area contributed by atoms with Gasteiger partial charge in [-0.1, -0.05) is 24.6 Å². The molecule has 0 radical (unpaired) electrons. The summed E-state index contributed by atoms with van der Waals surface area (Å²) in [6.45, 7) is 0.726. The van der Waals surface area contributed by atoms with Crippen LogP contribution >= 0.6 is 23.1 Å². The summed E-state index contributed by atoms with van der Waals surface area (Å²) in [7, 11) is 0. The Morgan fingerprint density at radius 1 is 1.10 bits per heavy atom. The van der Waals surface area contributed by atoms with Crippen molar-refractivity contribution in [2.45, 2.75) is 55.3 Å². The number of benzene rings is 1. The molecule has 7 heteroatoms. The van der Waals surface area contributed by atoms with Crippen LogP contribution in [0.3, 0.4) is 0 Å². The highest BCUT2D eigenvalue weighted by molar-refractivity contribution is 8.00. The molecule has 150 valence electrons. The first-order valence-corrected chi connectivity index (χ1v) is 11.9. The fourth-order valence-electron chi connectivity index (χ4n) is 4.31. The second-order valence-electron chi connectivity index (χ2n) is 7.64. The van der Waals surface area contributed by atoms with Gasteiger partial charge in [0.05, 0.1) is 5.37 Å². The number of thiophene rings is 1. The van der Waals surface area contributed by atoms with E-state index in [0.717, 1.165) is 54.9 Å². The van der Waals surface area contributed by atoms with Crippen molar-refractivity contribution in [2.75, 3.05) is 6.54 Å². The fraction of sp³-hybridized carbons (Fsp3) is 0.409. The second-order valence-corrected chi connectivity index (χ2v) is 9.89. The van der Waals surface area contributed by atoms with Crippen LogP contribution in [0.1, 0.15) is 52.9 Å². The number of aromatic nitrogens is 2. The largest absolute Gasteiger partial charge is 0.326 e.